The van der Waals surface area contributed by atoms with Crippen LogP contribution in [0, 0.1) is 46.3 Å². The molecule has 3 heterocycles. The number of aliphatic hydroxyl groups excluding tert-OH is 3. The van der Waals surface area contributed by atoms with E-state index in [-0.39, 0.29) is 47.6 Å². The topological polar surface area (TPSA) is 178 Å². The maximum atomic E-state index is 14.0. The number of aliphatic hydroxyl groups is 5. The van der Waals surface area contributed by atoms with Crippen molar-refractivity contribution in [2.24, 2.45) is 46.3 Å². The molecule has 8 rings (SSSR count). The van der Waals surface area contributed by atoms with Crippen LogP contribution in [-0.2, 0) is 30.2 Å². The summed E-state index contributed by atoms with van der Waals surface area (Å²) >= 11 is 0. The zero-order valence-corrected chi connectivity index (χ0v) is 34.2. The van der Waals surface area contributed by atoms with E-state index in [1.54, 1.807) is 25.0 Å². The van der Waals surface area contributed by atoms with Crippen LogP contribution in [0.3, 0.4) is 0 Å². The lowest BCUT2D eigenvalue weighted by molar-refractivity contribution is -0.203. The van der Waals surface area contributed by atoms with Crippen LogP contribution >= 0.6 is 0 Å². The third kappa shape index (κ3) is 6.87. The first kappa shape index (κ1) is 41.5. The maximum absolute atomic E-state index is 14.0. The second-order valence-electron chi connectivity index (χ2n) is 19.4. The molecule has 6 fully saturated rings. The molecule has 6 N–H and O–H groups in total. The molecule has 12 heteroatoms. The van der Waals surface area contributed by atoms with Crippen molar-refractivity contribution in [2.75, 3.05) is 40.0 Å². The molecule has 3 saturated heterocycles. The second-order valence-corrected chi connectivity index (χ2v) is 19.4. The highest BCUT2D eigenvalue weighted by atomic mass is 16.5. The van der Waals surface area contributed by atoms with Crippen LogP contribution in [0.5, 0.6) is 0 Å². The number of nitrogens with one attached hydrogen (secondary N) is 1. The summed E-state index contributed by atoms with van der Waals surface area (Å²) in [5, 5.41) is 63.6. The van der Waals surface area contributed by atoms with Crippen LogP contribution in [0.1, 0.15) is 84.1 Å². The summed E-state index contributed by atoms with van der Waals surface area (Å²) in [6.45, 7) is 8.04. The van der Waals surface area contributed by atoms with Gasteiger partial charge in [0.2, 0.25) is 5.91 Å². The highest BCUT2D eigenvalue weighted by Crippen LogP contribution is 2.69. The summed E-state index contributed by atoms with van der Waals surface area (Å²) in [7, 11) is 1.68. The molecule has 316 valence electrons. The van der Waals surface area contributed by atoms with E-state index in [0.29, 0.717) is 64.8 Å². The van der Waals surface area contributed by atoms with E-state index in [4.69, 9.17) is 14.2 Å². The average molecular weight is 795 g/mol. The van der Waals surface area contributed by atoms with E-state index in [9.17, 15) is 35.1 Å². The van der Waals surface area contributed by atoms with Crippen LogP contribution in [-0.4, -0.2) is 130 Å². The standard InChI is InChI=1S/C45H66N2O10/c1-42-16-13-27(56-22-8-21-55-4)23-32(42)33(49)24-31-30(42)14-17-43(2)34(15-18-45(31,43)54)44(3,53)39(50)37-29(25-48)35-28(12-11-26-9-6-5-7-10-26)36(41(52)47-19-20-47)46-40(51)38(35)57-37/h5-7,9-10,24,27-30,32,34-40,46,48,50-51,53-54H,8,11-23,25H2,1-4H3/t27-,28-,29+,30-,32-,34-,35-,36+,37+,38-,39+,40+,42+,43-,44-,45+/m0/s1. The number of hydrogen-bond donors (Lipinski definition) is 6. The fraction of sp³-hybridized carbons (Fsp3) is 0.778. The van der Waals surface area contributed by atoms with E-state index < -0.39 is 65.0 Å². The molecule has 57 heavy (non-hydrogen) atoms. The molecule has 1 aromatic rings. The number of carbonyl (C=O) groups excluding carboxylic acids is 2. The van der Waals surface area contributed by atoms with Gasteiger partial charge in [-0.2, -0.15) is 0 Å². The molecule has 1 aromatic carbocycles. The number of ether oxygens (including phenoxy) is 3. The number of rotatable bonds is 13. The highest BCUT2D eigenvalue weighted by Gasteiger charge is 2.70. The molecule has 3 saturated carbocycles. The number of nitrogens with zero attached hydrogens (tertiary/aromatic N) is 1. The number of hydrogen-bond acceptors (Lipinski definition) is 11. The van der Waals surface area contributed by atoms with E-state index >= 15 is 0 Å². The zero-order chi connectivity index (χ0) is 40.5. The van der Waals surface area contributed by atoms with Crippen molar-refractivity contribution >= 4 is 11.7 Å². The smallest absolute Gasteiger partial charge is 0.240 e. The van der Waals surface area contributed by atoms with Crippen molar-refractivity contribution in [3.05, 3.63) is 47.5 Å². The monoisotopic (exact) mass is 794 g/mol. The fourth-order valence-electron chi connectivity index (χ4n) is 13.3. The third-order valence-corrected chi connectivity index (χ3v) is 16.6. The van der Waals surface area contributed by atoms with Crippen molar-refractivity contribution < 1.29 is 49.3 Å². The quantitative estimate of drug-likeness (QED) is 0.128. The van der Waals surface area contributed by atoms with E-state index in [1.165, 1.54) is 0 Å². The summed E-state index contributed by atoms with van der Waals surface area (Å²) in [5.41, 5.74) is -2.40. The molecular weight excluding hydrogens is 728 g/mol. The first-order valence-corrected chi connectivity index (χ1v) is 21.7. The first-order chi connectivity index (χ1) is 27.2. The van der Waals surface area contributed by atoms with Gasteiger partial charge in [0.25, 0.3) is 0 Å². The lowest BCUT2D eigenvalue weighted by atomic mass is 9.46. The van der Waals surface area contributed by atoms with Gasteiger partial charge in [0.1, 0.15) is 18.4 Å². The lowest BCUT2D eigenvalue weighted by Gasteiger charge is -2.60. The van der Waals surface area contributed by atoms with Gasteiger partial charge in [-0.15, -0.1) is 0 Å². The number of aryl methyl sites for hydroxylation is 1. The molecule has 16 atom stereocenters. The predicted octanol–water partition coefficient (Wildman–Crippen LogP) is 2.77. The Labute approximate surface area is 337 Å². The molecular formula is C45H66N2O10. The van der Waals surface area contributed by atoms with Gasteiger partial charge < -0.3 is 44.6 Å². The molecule has 7 aliphatic rings. The molecule has 0 unspecified atom stereocenters. The van der Waals surface area contributed by atoms with Crippen molar-refractivity contribution in [1.29, 1.82) is 0 Å². The van der Waals surface area contributed by atoms with Crippen molar-refractivity contribution in [1.82, 2.24) is 10.2 Å². The minimum absolute atomic E-state index is 0.0193. The number of amides is 1. The Morgan fingerprint density at radius 3 is 2.53 bits per heavy atom. The normalized spacial score (nSPS) is 43.9. The van der Waals surface area contributed by atoms with Crippen LogP contribution < -0.4 is 5.32 Å². The number of methoxy groups -OCH3 is 1. The van der Waals surface area contributed by atoms with Gasteiger partial charge in [-0.05, 0) is 112 Å². The first-order valence-electron chi connectivity index (χ1n) is 21.7. The molecule has 0 radical (unpaired) electrons. The summed E-state index contributed by atoms with van der Waals surface area (Å²) in [6.07, 6.45) is 3.77. The van der Waals surface area contributed by atoms with Gasteiger partial charge in [0.05, 0.1) is 29.5 Å². The maximum Gasteiger partial charge on any atom is 0.240 e. The molecule has 0 spiro atoms. The summed E-state index contributed by atoms with van der Waals surface area (Å²) in [5.74, 6) is -2.22. The Morgan fingerprint density at radius 1 is 1.07 bits per heavy atom. The molecule has 12 nitrogen and oxygen atoms in total. The average Bonchev–Trinajstić information content (AvgIpc) is 3.91. The van der Waals surface area contributed by atoms with Crippen LogP contribution in [0.2, 0.25) is 0 Å². The minimum Gasteiger partial charge on any atom is -0.396 e. The number of fused-ring (bicyclic) bond motifs is 6. The number of ketones is 1. The second kappa shape index (κ2) is 15.6. The lowest BCUT2D eigenvalue weighted by Crippen LogP contribution is -2.63. The van der Waals surface area contributed by atoms with Crippen LogP contribution in [0.4, 0.5) is 0 Å². The van der Waals surface area contributed by atoms with Crippen molar-refractivity contribution in [3.63, 3.8) is 0 Å². The molecule has 0 aromatic heterocycles. The number of carbonyl (C=O) groups is 2. The molecule has 0 bridgehead atoms. The van der Waals surface area contributed by atoms with Gasteiger partial charge in [-0.1, -0.05) is 44.2 Å². The number of benzene rings is 1. The Hall–Kier alpha value is -2.26. The van der Waals surface area contributed by atoms with Crippen LogP contribution in [0.15, 0.2) is 42.0 Å². The van der Waals surface area contributed by atoms with Crippen molar-refractivity contribution in [3.8, 4) is 0 Å². The summed E-state index contributed by atoms with van der Waals surface area (Å²) < 4.78 is 17.9. The number of piperidine rings is 1. The Balaban J connectivity index is 1.03. The largest absolute Gasteiger partial charge is 0.396 e. The SMILES string of the molecule is COCCCO[C@H]1CC[C@@]2(C)[C@@H](C1)C(=O)C=C1[C@@H]2CC[C@@]2(C)[C@@H]([C@](C)(O)[C@H](O)[C@@H]3O[C@H]4[C@H]([C@H]3CO)[C@H](CCc3ccccc3)[C@H](C(=O)N3CC3)N[C@@H]4O)CC[C@@]12O. The van der Waals surface area contributed by atoms with Gasteiger partial charge in [-0.25, -0.2) is 0 Å². The summed E-state index contributed by atoms with van der Waals surface area (Å²) in [4.78, 5) is 29.4. The van der Waals surface area contributed by atoms with Crippen LogP contribution in [0.25, 0.3) is 0 Å². The fourth-order valence-corrected chi connectivity index (χ4v) is 13.3. The number of allylic oxidation sites excluding steroid dienone is 1. The minimum atomic E-state index is -1.77. The zero-order valence-electron chi connectivity index (χ0n) is 34.2. The Morgan fingerprint density at radius 2 is 1.82 bits per heavy atom. The summed E-state index contributed by atoms with van der Waals surface area (Å²) in [6, 6.07) is 9.33. The van der Waals surface area contributed by atoms with E-state index in [2.05, 4.69) is 12.2 Å². The molecule has 4 aliphatic carbocycles. The van der Waals surface area contributed by atoms with E-state index in [0.717, 1.165) is 36.8 Å². The van der Waals surface area contributed by atoms with Gasteiger partial charge in [0.15, 0.2) is 5.78 Å². The van der Waals surface area contributed by atoms with Gasteiger partial charge in [-0.3, -0.25) is 14.9 Å². The van der Waals surface area contributed by atoms with Gasteiger partial charge in [0, 0.05) is 63.2 Å². The van der Waals surface area contributed by atoms with Crippen molar-refractivity contribution in [2.45, 2.75) is 133 Å². The molecule has 1 amide bonds. The highest BCUT2D eigenvalue weighted by molar-refractivity contribution is 5.95. The van der Waals surface area contributed by atoms with E-state index in [1.807, 2.05) is 37.3 Å². The Bertz CT molecular complexity index is 1670. The Kier molecular flexibility index (Phi) is 11.4. The predicted molar refractivity (Wildman–Crippen MR) is 210 cm³/mol. The van der Waals surface area contributed by atoms with Gasteiger partial charge >= 0.3 is 0 Å². The third-order valence-electron chi connectivity index (χ3n) is 16.6. The molecule has 3 aliphatic heterocycles.